The van der Waals surface area contributed by atoms with Gasteiger partial charge in [0.05, 0.1) is 0 Å². The maximum absolute atomic E-state index is 10.9. The van der Waals surface area contributed by atoms with Gasteiger partial charge in [-0.05, 0) is 79.5 Å². The number of aliphatic hydroxyl groups is 1. The lowest BCUT2D eigenvalue weighted by molar-refractivity contribution is -0.0646. The lowest BCUT2D eigenvalue weighted by Crippen LogP contribution is -2.50. The van der Waals surface area contributed by atoms with E-state index in [1.54, 1.807) is 0 Å². The lowest BCUT2D eigenvalue weighted by Gasteiger charge is -2.52. The number of aromatic hydroxyl groups is 1. The summed E-state index contributed by atoms with van der Waals surface area (Å²) in [5.74, 6) is 4.82. The van der Waals surface area contributed by atoms with Gasteiger partial charge in [0.1, 0.15) is 11.4 Å². The molecule has 3 aliphatic carbocycles. The van der Waals surface area contributed by atoms with Crippen molar-refractivity contribution >= 4 is 0 Å². The average Bonchev–Trinajstić information content (AvgIpc) is 2.79. The Hall–Kier alpha value is -1.46. The molecule has 5 atom stereocenters. The summed E-state index contributed by atoms with van der Waals surface area (Å²) in [5, 5.41) is 20.6. The van der Waals surface area contributed by atoms with Crippen LogP contribution in [-0.2, 0) is 6.42 Å². The number of fused-ring (bicyclic) bond motifs is 5. The second-order valence-electron chi connectivity index (χ2n) is 7.80. The van der Waals surface area contributed by atoms with E-state index in [9.17, 15) is 10.2 Å². The summed E-state index contributed by atoms with van der Waals surface area (Å²) in [6.07, 6.45) is 11.8. The van der Waals surface area contributed by atoms with Gasteiger partial charge in [0.25, 0.3) is 0 Å². The number of phenols is 1. The Morgan fingerprint density at radius 2 is 2.05 bits per heavy atom. The summed E-state index contributed by atoms with van der Waals surface area (Å²) < 4.78 is 0. The largest absolute Gasteiger partial charge is 0.508 e. The van der Waals surface area contributed by atoms with E-state index in [0.29, 0.717) is 23.5 Å². The molecule has 0 radical (unpaired) electrons. The van der Waals surface area contributed by atoms with Gasteiger partial charge in [-0.25, -0.2) is 0 Å². The third-order valence-electron chi connectivity index (χ3n) is 7.10. The topological polar surface area (TPSA) is 40.5 Å². The molecule has 2 nitrogen and oxygen atoms in total. The summed E-state index contributed by atoms with van der Waals surface area (Å²) in [6.45, 7) is 2.22. The van der Waals surface area contributed by atoms with Crippen molar-refractivity contribution in [2.75, 3.05) is 0 Å². The highest BCUT2D eigenvalue weighted by molar-refractivity contribution is 5.40. The van der Waals surface area contributed by atoms with Gasteiger partial charge >= 0.3 is 0 Å². The Morgan fingerprint density at radius 1 is 1.23 bits per heavy atom. The van der Waals surface area contributed by atoms with Crippen molar-refractivity contribution in [2.24, 2.45) is 17.3 Å². The van der Waals surface area contributed by atoms with E-state index in [4.69, 9.17) is 6.42 Å². The molecule has 1 aromatic carbocycles. The number of terminal acetylenes is 1. The van der Waals surface area contributed by atoms with E-state index in [0.717, 1.165) is 38.5 Å². The van der Waals surface area contributed by atoms with Gasteiger partial charge in [-0.15, -0.1) is 6.42 Å². The molecule has 1 aromatic rings. The van der Waals surface area contributed by atoms with Crippen molar-refractivity contribution in [3.8, 4) is 18.1 Å². The van der Waals surface area contributed by atoms with Crippen molar-refractivity contribution in [1.29, 1.82) is 0 Å². The first-order valence-electron chi connectivity index (χ1n) is 8.50. The number of hydrogen-bond donors (Lipinski definition) is 2. The van der Waals surface area contributed by atoms with E-state index in [1.165, 1.54) is 11.1 Å². The quantitative estimate of drug-likeness (QED) is 0.718. The van der Waals surface area contributed by atoms with Crippen LogP contribution in [0.2, 0.25) is 0 Å². The van der Waals surface area contributed by atoms with Crippen molar-refractivity contribution in [3.05, 3.63) is 29.3 Å². The highest BCUT2D eigenvalue weighted by Crippen LogP contribution is 2.64. The second-order valence-corrected chi connectivity index (χ2v) is 7.80. The van der Waals surface area contributed by atoms with E-state index in [-0.39, 0.29) is 5.41 Å². The molecule has 22 heavy (non-hydrogen) atoms. The predicted octanol–water partition coefficient (Wildman–Crippen LogP) is 3.61. The first-order valence-corrected chi connectivity index (χ1v) is 8.50. The molecule has 0 spiro atoms. The fourth-order valence-corrected chi connectivity index (χ4v) is 5.82. The van der Waals surface area contributed by atoms with Gasteiger partial charge in [0.2, 0.25) is 0 Å². The molecule has 0 heterocycles. The normalized spacial score (nSPS) is 42.9. The van der Waals surface area contributed by atoms with Crippen LogP contribution in [0, 0.1) is 29.6 Å². The number of aryl methyl sites for hydroxylation is 1. The molecule has 116 valence electrons. The average molecular weight is 296 g/mol. The fourth-order valence-electron chi connectivity index (χ4n) is 5.82. The summed E-state index contributed by atoms with van der Waals surface area (Å²) >= 11 is 0. The minimum Gasteiger partial charge on any atom is -0.508 e. The summed E-state index contributed by atoms with van der Waals surface area (Å²) in [4.78, 5) is 0. The molecular weight excluding hydrogens is 272 g/mol. The summed E-state index contributed by atoms with van der Waals surface area (Å²) in [7, 11) is 0. The van der Waals surface area contributed by atoms with E-state index < -0.39 is 5.60 Å². The van der Waals surface area contributed by atoms with Crippen LogP contribution in [0.3, 0.4) is 0 Å². The fraction of sp³-hybridized carbons (Fsp3) is 0.600. The molecular formula is C20H24O2. The molecule has 0 unspecified atom stereocenters. The van der Waals surface area contributed by atoms with E-state index >= 15 is 0 Å². The minimum absolute atomic E-state index is 0.128. The molecule has 0 aromatic heterocycles. The Balaban J connectivity index is 1.72. The molecule has 4 rings (SSSR count). The van der Waals surface area contributed by atoms with E-state index in [2.05, 4.69) is 18.9 Å². The Morgan fingerprint density at radius 3 is 2.82 bits per heavy atom. The Bertz CT molecular complexity index is 658. The standard InChI is InChI=1S/C20H24O2/c1-3-20(22)11-9-18-17-6-4-13-12-14(21)5-7-15(13)16(17)8-10-19(18,20)2/h1,5,7,12,16-18,21-22H,4,6,8-11H2,2H3/t16-,17+,18-,19-,20-/m0/s1. The van der Waals surface area contributed by atoms with Crippen molar-refractivity contribution in [2.45, 2.75) is 57.0 Å². The predicted molar refractivity (Wildman–Crippen MR) is 86.5 cm³/mol. The zero-order valence-corrected chi connectivity index (χ0v) is 13.2. The van der Waals surface area contributed by atoms with Crippen molar-refractivity contribution in [1.82, 2.24) is 0 Å². The van der Waals surface area contributed by atoms with Gasteiger partial charge in [-0.3, -0.25) is 0 Å². The minimum atomic E-state index is -0.919. The Kier molecular flexibility index (Phi) is 2.91. The molecule has 2 N–H and O–H groups in total. The first-order chi connectivity index (χ1) is 10.5. The van der Waals surface area contributed by atoms with Crippen LogP contribution in [0.4, 0.5) is 0 Å². The van der Waals surface area contributed by atoms with Gasteiger partial charge in [-0.1, -0.05) is 18.9 Å². The highest BCUT2D eigenvalue weighted by atomic mass is 16.3. The van der Waals surface area contributed by atoms with Crippen molar-refractivity contribution in [3.63, 3.8) is 0 Å². The van der Waals surface area contributed by atoms with Gasteiger partial charge in [0.15, 0.2) is 0 Å². The highest BCUT2D eigenvalue weighted by Gasteiger charge is 2.61. The zero-order chi connectivity index (χ0) is 15.5. The third-order valence-corrected chi connectivity index (χ3v) is 7.10. The van der Waals surface area contributed by atoms with Crippen LogP contribution in [0.5, 0.6) is 5.75 Å². The SMILES string of the molecule is C#C[C@]1(O)CC[C@H]2[C@@H]3CCc4cc(O)ccc4[C@@H]3CC[C@@]21C. The summed E-state index contributed by atoms with van der Waals surface area (Å²) in [5.41, 5.74) is 1.69. The maximum atomic E-state index is 10.9. The second kappa shape index (κ2) is 4.52. The van der Waals surface area contributed by atoms with Crippen LogP contribution in [0.15, 0.2) is 18.2 Å². The Labute approximate surface area is 132 Å². The molecule has 0 saturated heterocycles. The molecule has 3 aliphatic rings. The molecule has 0 aliphatic heterocycles. The van der Waals surface area contributed by atoms with Gasteiger partial charge < -0.3 is 10.2 Å². The number of rotatable bonds is 0. The van der Waals surface area contributed by atoms with Gasteiger partial charge in [0, 0.05) is 5.41 Å². The summed E-state index contributed by atoms with van der Waals surface area (Å²) in [6, 6.07) is 5.87. The van der Waals surface area contributed by atoms with Crippen LogP contribution in [0.25, 0.3) is 0 Å². The van der Waals surface area contributed by atoms with Gasteiger partial charge in [-0.2, -0.15) is 0 Å². The monoisotopic (exact) mass is 296 g/mol. The number of benzene rings is 1. The molecule has 2 saturated carbocycles. The molecule has 0 bridgehead atoms. The van der Waals surface area contributed by atoms with Crippen LogP contribution >= 0.6 is 0 Å². The number of phenolic OH excluding ortho intramolecular Hbond substituents is 1. The van der Waals surface area contributed by atoms with Crippen LogP contribution in [-0.4, -0.2) is 15.8 Å². The molecule has 2 fully saturated rings. The van der Waals surface area contributed by atoms with Crippen LogP contribution < -0.4 is 0 Å². The zero-order valence-electron chi connectivity index (χ0n) is 13.2. The van der Waals surface area contributed by atoms with E-state index in [1.807, 2.05) is 12.1 Å². The lowest BCUT2D eigenvalue weighted by atomic mass is 9.53. The third kappa shape index (κ3) is 1.66. The molecule has 0 amide bonds. The smallest absolute Gasteiger partial charge is 0.130 e. The molecule has 2 heteroatoms. The first kappa shape index (κ1) is 14.2. The van der Waals surface area contributed by atoms with Crippen molar-refractivity contribution < 1.29 is 10.2 Å². The maximum Gasteiger partial charge on any atom is 0.130 e. The van der Waals surface area contributed by atoms with Crippen LogP contribution in [0.1, 0.15) is 56.1 Å². The number of hydrogen-bond acceptors (Lipinski definition) is 2.